The number of hydrogen-bond acceptors (Lipinski definition) is 9. The van der Waals surface area contributed by atoms with E-state index in [1.165, 1.54) is 18.4 Å². The summed E-state index contributed by atoms with van der Waals surface area (Å²) in [6.45, 7) is 3.27. The van der Waals surface area contributed by atoms with Crippen LogP contribution in [0.3, 0.4) is 0 Å². The Kier molecular flexibility index (Phi) is 8.63. The predicted octanol–water partition coefficient (Wildman–Crippen LogP) is 3.64. The number of anilines is 1. The van der Waals surface area contributed by atoms with Crippen molar-refractivity contribution in [1.29, 1.82) is 0 Å². The first-order valence-corrected chi connectivity index (χ1v) is 17.3. The van der Waals surface area contributed by atoms with Gasteiger partial charge in [0.2, 0.25) is 0 Å². The van der Waals surface area contributed by atoms with Gasteiger partial charge < -0.3 is 20.5 Å². The van der Waals surface area contributed by atoms with Crippen LogP contribution in [-0.4, -0.2) is 77.0 Å². The van der Waals surface area contributed by atoms with E-state index in [1.54, 1.807) is 35.2 Å². The fourth-order valence-corrected chi connectivity index (χ4v) is 7.08. The lowest BCUT2D eigenvalue weighted by molar-refractivity contribution is 0.00179. The minimum atomic E-state index is -3.13. The van der Waals surface area contributed by atoms with Gasteiger partial charge in [-0.25, -0.2) is 26.7 Å². The van der Waals surface area contributed by atoms with E-state index in [1.807, 2.05) is 13.0 Å². The average molecular weight is 641 g/mol. The first-order valence-electron chi connectivity index (χ1n) is 15.2. The standard InChI is InChI=1S/C32H38F2N6O4S/c1-20-18-39(19-26(35)31(20)44-11-12-45(2,42)43)28-7-10-36-16-21(28)13-29-37-17-23-5-6-27(38-40(23)29)30-24(33)14-22(15-25(30)34)32(41)8-3-4-9-32/h5-7,10,14-17,20,26,31,41H,3-4,8-9,11-13,18-19,35H2,1-2H3/t20-,26+,31-/m0/s1. The van der Waals surface area contributed by atoms with Gasteiger partial charge in [0.05, 0.1) is 47.0 Å². The lowest BCUT2D eigenvalue weighted by Gasteiger charge is -2.42. The number of nitrogens with two attached hydrogens (primary N) is 1. The fourth-order valence-electron chi connectivity index (χ4n) is 6.68. The number of ether oxygens (including phenoxy) is 1. The number of piperidine rings is 1. The highest BCUT2D eigenvalue weighted by molar-refractivity contribution is 7.90. The molecule has 0 spiro atoms. The molecular weight excluding hydrogens is 602 g/mol. The number of aromatic nitrogens is 4. The monoisotopic (exact) mass is 640 g/mol. The zero-order valence-corrected chi connectivity index (χ0v) is 26.2. The molecule has 240 valence electrons. The highest BCUT2D eigenvalue weighted by atomic mass is 32.2. The minimum absolute atomic E-state index is 0.0383. The van der Waals surface area contributed by atoms with Crippen LogP contribution in [0.25, 0.3) is 16.8 Å². The Labute approximate surface area is 261 Å². The van der Waals surface area contributed by atoms with Crippen LogP contribution >= 0.6 is 0 Å². The van der Waals surface area contributed by atoms with E-state index in [0.717, 1.165) is 24.1 Å². The molecule has 1 aromatic carbocycles. The molecule has 3 N–H and O–H groups in total. The number of halogens is 2. The molecule has 4 aromatic rings. The van der Waals surface area contributed by atoms with Crippen LogP contribution in [0.5, 0.6) is 0 Å². The summed E-state index contributed by atoms with van der Waals surface area (Å²) in [5, 5.41) is 15.5. The third kappa shape index (κ3) is 6.57. The summed E-state index contributed by atoms with van der Waals surface area (Å²) in [7, 11) is -3.13. The van der Waals surface area contributed by atoms with E-state index in [0.29, 0.717) is 43.7 Å². The molecule has 0 bridgehead atoms. The molecular formula is C32H38F2N6O4S. The number of nitrogens with zero attached hydrogens (tertiary/aromatic N) is 5. The van der Waals surface area contributed by atoms with Crippen molar-refractivity contribution in [3.63, 3.8) is 0 Å². The van der Waals surface area contributed by atoms with Crippen molar-refractivity contribution in [3.8, 4) is 11.3 Å². The van der Waals surface area contributed by atoms with Gasteiger partial charge in [-0.05, 0) is 48.7 Å². The third-order valence-electron chi connectivity index (χ3n) is 8.97. The summed E-state index contributed by atoms with van der Waals surface area (Å²) in [6.07, 6.45) is 8.97. The number of pyridine rings is 1. The smallest absolute Gasteiger partial charge is 0.149 e. The fraction of sp³-hybridized carbons (Fsp3) is 0.469. The molecule has 4 heterocycles. The van der Waals surface area contributed by atoms with Crippen molar-refractivity contribution < 1.29 is 27.0 Å². The molecule has 1 saturated carbocycles. The molecule has 2 aliphatic rings. The van der Waals surface area contributed by atoms with Crippen LogP contribution in [0, 0.1) is 17.6 Å². The van der Waals surface area contributed by atoms with Crippen LogP contribution < -0.4 is 10.6 Å². The Morgan fingerprint density at radius 3 is 2.53 bits per heavy atom. The molecule has 1 saturated heterocycles. The second kappa shape index (κ2) is 12.3. The molecule has 45 heavy (non-hydrogen) atoms. The number of imidazole rings is 1. The maximum absolute atomic E-state index is 15.4. The van der Waals surface area contributed by atoms with Crippen LogP contribution in [0.2, 0.25) is 0 Å². The van der Waals surface area contributed by atoms with E-state index in [4.69, 9.17) is 10.5 Å². The van der Waals surface area contributed by atoms with Crippen molar-refractivity contribution in [2.24, 2.45) is 11.7 Å². The number of sulfone groups is 1. The second-order valence-corrected chi connectivity index (χ2v) is 14.7. The number of hydrogen-bond donors (Lipinski definition) is 2. The molecule has 10 nitrogen and oxygen atoms in total. The van der Waals surface area contributed by atoms with Gasteiger partial charge in [-0.3, -0.25) is 4.98 Å². The summed E-state index contributed by atoms with van der Waals surface area (Å²) in [5.74, 6) is -1.00. The van der Waals surface area contributed by atoms with Gasteiger partial charge in [0, 0.05) is 61.4 Å². The topological polar surface area (TPSA) is 136 Å². The Morgan fingerprint density at radius 1 is 1.11 bits per heavy atom. The van der Waals surface area contributed by atoms with Crippen LogP contribution in [-0.2, 0) is 26.6 Å². The highest BCUT2D eigenvalue weighted by Gasteiger charge is 2.36. The Bertz CT molecular complexity index is 1780. The van der Waals surface area contributed by atoms with Gasteiger partial charge in [0.25, 0.3) is 0 Å². The quantitative estimate of drug-likeness (QED) is 0.281. The predicted molar refractivity (Wildman–Crippen MR) is 167 cm³/mol. The van der Waals surface area contributed by atoms with Crippen molar-refractivity contribution in [1.82, 2.24) is 19.6 Å². The largest absolute Gasteiger partial charge is 0.385 e. The van der Waals surface area contributed by atoms with Crippen LogP contribution in [0.1, 0.15) is 49.6 Å². The summed E-state index contributed by atoms with van der Waals surface area (Å²) in [6, 6.07) is 7.30. The Morgan fingerprint density at radius 2 is 1.84 bits per heavy atom. The molecule has 3 atom stereocenters. The van der Waals surface area contributed by atoms with Gasteiger partial charge in [-0.1, -0.05) is 19.8 Å². The zero-order chi connectivity index (χ0) is 31.9. The van der Waals surface area contributed by atoms with E-state index in [2.05, 4.69) is 20.0 Å². The first-order chi connectivity index (χ1) is 21.4. The minimum Gasteiger partial charge on any atom is -0.385 e. The van der Waals surface area contributed by atoms with Crippen molar-refractivity contribution in [3.05, 3.63) is 77.5 Å². The molecule has 0 unspecified atom stereocenters. The van der Waals surface area contributed by atoms with Gasteiger partial charge in [-0.2, -0.15) is 5.10 Å². The zero-order valence-electron chi connectivity index (χ0n) is 25.4. The number of fused-ring (bicyclic) bond motifs is 1. The Balaban J connectivity index is 1.24. The molecule has 13 heteroatoms. The molecule has 2 fully saturated rings. The van der Waals surface area contributed by atoms with Crippen LogP contribution in [0.4, 0.5) is 14.5 Å². The maximum Gasteiger partial charge on any atom is 0.149 e. The van der Waals surface area contributed by atoms with Crippen molar-refractivity contribution in [2.45, 2.75) is 56.8 Å². The lowest BCUT2D eigenvalue weighted by atomic mass is 9.90. The molecule has 1 aliphatic heterocycles. The van der Waals surface area contributed by atoms with E-state index >= 15 is 8.78 Å². The van der Waals surface area contributed by atoms with Crippen molar-refractivity contribution >= 4 is 21.0 Å². The third-order valence-corrected chi connectivity index (χ3v) is 9.88. The summed E-state index contributed by atoms with van der Waals surface area (Å²) in [4.78, 5) is 11.1. The lowest BCUT2D eigenvalue weighted by Crippen LogP contribution is -2.57. The SMILES string of the molecule is C[C@H]1CN(c2ccncc2Cc2ncc3ccc(-c4c(F)cc(C5(O)CCCC5)cc4F)nn23)C[C@@H](N)[C@H]1OCCS(C)(=O)=O. The number of benzene rings is 1. The van der Waals surface area contributed by atoms with Crippen LogP contribution in [0.15, 0.2) is 48.9 Å². The number of aliphatic hydroxyl groups is 1. The second-order valence-electron chi connectivity index (χ2n) is 12.5. The van der Waals surface area contributed by atoms with Gasteiger partial charge >= 0.3 is 0 Å². The highest BCUT2D eigenvalue weighted by Crippen LogP contribution is 2.40. The van der Waals surface area contributed by atoms with E-state index in [-0.39, 0.29) is 47.2 Å². The molecule has 0 amide bonds. The van der Waals surface area contributed by atoms with E-state index < -0.39 is 27.1 Å². The summed E-state index contributed by atoms with van der Waals surface area (Å²) < 4.78 is 61.3. The first kappa shape index (κ1) is 31.5. The summed E-state index contributed by atoms with van der Waals surface area (Å²) in [5.41, 5.74) is 7.89. The van der Waals surface area contributed by atoms with Crippen molar-refractivity contribution in [2.75, 3.05) is 36.6 Å². The normalized spacial score (nSPS) is 21.9. The van der Waals surface area contributed by atoms with Gasteiger partial charge in [-0.15, -0.1) is 0 Å². The van der Waals surface area contributed by atoms with Gasteiger partial charge in [0.15, 0.2) is 0 Å². The average Bonchev–Trinajstić information content (AvgIpc) is 3.60. The molecule has 6 rings (SSSR count). The molecule has 3 aromatic heterocycles. The molecule has 1 aliphatic carbocycles. The maximum atomic E-state index is 15.4. The van der Waals surface area contributed by atoms with E-state index in [9.17, 15) is 13.5 Å². The number of rotatable bonds is 9. The Hall–Kier alpha value is -3.52. The summed E-state index contributed by atoms with van der Waals surface area (Å²) >= 11 is 0. The molecule has 0 radical (unpaired) electrons. The van der Waals surface area contributed by atoms with Gasteiger partial charge in [0.1, 0.15) is 27.3 Å².